The molecule has 0 aliphatic heterocycles. The van der Waals surface area contributed by atoms with E-state index in [1.165, 1.54) is 0 Å². The van der Waals surface area contributed by atoms with Gasteiger partial charge in [-0.3, -0.25) is 4.79 Å². The van der Waals surface area contributed by atoms with Gasteiger partial charge in [-0.2, -0.15) is 0 Å². The summed E-state index contributed by atoms with van der Waals surface area (Å²) in [7, 11) is 0. The Balaban J connectivity index is 1.55. The average molecular weight is 341 g/mol. The Morgan fingerprint density at radius 3 is 2.50 bits per heavy atom. The quantitative estimate of drug-likeness (QED) is 0.768. The predicted molar refractivity (Wildman–Crippen MR) is 94.3 cm³/mol. The Bertz CT molecular complexity index is 850. The lowest BCUT2D eigenvalue weighted by Gasteiger charge is -2.05. The van der Waals surface area contributed by atoms with Gasteiger partial charge in [-0.1, -0.05) is 24.3 Å². The minimum atomic E-state index is -0.220. The second-order valence-electron chi connectivity index (χ2n) is 5.60. The average Bonchev–Trinajstić information content (AvgIpc) is 3.13. The zero-order valence-electron chi connectivity index (χ0n) is 13.9. The summed E-state index contributed by atoms with van der Waals surface area (Å²) in [5, 5.41) is 5.99. The van der Waals surface area contributed by atoms with Crippen molar-refractivity contribution in [1.29, 1.82) is 0 Å². The monoisotopic (exact) mass is 341 g/mol. The number of hydrogen-bond donors (Lipinski definition) is 1. The van der Waals surface area contributed by atoms with Crippen molar-refractivity contribution in [3.8, 4) is 11.3 Å². The Kier molecular flexibility index (Phi) is 4.76. The molecule has 0 aliphatic carbocycles. The molecule has 5 nitrogen and oxygen atoms in total. The van der Waals surface area contributed by atoms with E-state index in [0.717, 1.165) is 28.2 Å². The fraction of sp³-hybridized carbons (Fsp3) is 0.278. The lowest BCUT2D eigenvalue weighted by atomic mass is 10.1. The molecular weight excluding hydrogens is 322 g/mol. The Hall–Kier alpha value is -2.47. The highest BCUT2D eigenvalue weighted by atomic mass is 32.1. The number of nitrogens with zero attached hydrogens (tertiary/aromatic N) is 2. The predicted octanol–water partition coefficient (Wildman–Crippen LogP) is 3.70. The van der Waals surface area contributed by atoms with Gasteiger partial charge >= 0.3 is 0 Å². The van der Waals surface area contributed by atoms with Crippen molar-refractivity contribution in [3.05, 3.63) is 57.6 Å². The van der Waals surface area contributed by atoms with Crippen molar-refractivity contribution in [2.24, 2.45) is 0 Å². The van der Waals surface area contributed by atoms with E-state index in [0.29, 0.717) is 23.9 Å². The highest BCUT2D eigenvalue weighted by molar-refractivity contribution is 7.09. The molecule has 2 heterocycles. The highest BCUT2D eigenvalue weighted by Gasteiger charge is 2.15. The molecule has 0 saturated heterocycles. The van der Waals surface area contributed by atoms with E-state index in [1.54, 1.807) is 25.2 Å². The molecule has 0 bridgehead atoms. The van der Waals surface area contributed by atoms with Gasteiger partial charge in [0, 0.05) is 24.4 Å². The number of carbonyl (C=O) groups excluding carboxylic acids is 1. The maximum Gasteiger partial charge on any atom is 0.289 e. The van der Waals surface area contributed by atoms with Crippen molar-refractivity contribution < 1.29 is 9.21 Å². The highest BCUT2D eigenvalue weighted by Crippen LogP contribution is 2.21. The lowest BCUT2D eigenvalue weighted by molar-refractivity contribution is 0.0924. The summed E-state index contributed by atoms with van der Waals surface area (Å²) in [5.41, 5.74) is 3.90. The number of thiazole rings is 1. The molecule has 0 aliphatic rings. The van der Waals surface area contributed by atoms with Gasteiger partial charge in [0.1, 0.15) is 0 Å². The summed E-state index contributed by atoms with van der Waals surface area (Å²) in [6.07, 6.45) is 0.758. The maximum atomic E-state index is 12.1. The minimum Gasteiger partial charge on any atom is -0.436 e. The number of rotatable bonds is 5. The normalized spacial score (nSPS) is 10.8. The van der Waals surface area contributed by atoms with Crippen LogP contribution in [-0.4, -0.2) is 22.4 Å². The number of nitrogens with one attached hydrogen (secondary N) is 1. The molecule has 0 radical (unpaired) electrons. The van der Waals surface area contributed by atoms with Crippen molar-refractivity contribution in [3.63, 3.8) is 0 Å². The van der Waals surface area contributed by atoms with Gasteiger partial charge in [0.05, 0.1) is 16.4 Å². The number of oxazole rings is 1. The molecule has 1 N–H and O–H groups in total. The standard InChI is InChI=1S/C18H19N3O2S/c1-11-17(23-12(2)20-11)18(22)19-9-8-14-4-6-15(7-5-14)16-10-24-13(3)21-16/h4-7,10H,8-9H2,1-3H3,(H,19,22). The molecule has 24 heavy (non-hydrogen) atoms. The fourth-order valence-corrected chi connectivity index (χ4v) is 3.10. The van der Waals surface area contributed by atoms with Gasteiger partial charge in [0.15, 0.2) is 5.89 Å². The zero-order valence-corrected chi connectivity index (χ0v) is 14.7. The van der Waals surface area contributed by atoms with Crippen LogP contribution in [0.1, 0.15) is 32.7 Å². The van der Waals surface area contributed by atoms with E-state index in [2.05, 4.69) is 44.9 Å². The first-order chi connectivity index (χ1) is 11.5. The maximum absolute atomic E-state index is 12.1. The third-order valence-corrected chi connectivity index (χ3v) is 4.45. The smallest absolute Gasteiger partial charge is 0.289 e. The Morgan fingerprint density at radius 2 is 1.92 bits per heavy atom. The number of aryl methyl sites for hydroxylation is 3. The van der Waals surface area contributed by atoms with E-state index >= 15 is 0 Å². The van der Waals surface area contributed by atoms with E-state index in [9.17, 15) is 4.79 Å². The number of aromatic nitrogens is 2. The molecule has 0 spiro atoms. The van der Waals surface area contributed by atoms with Gasteiger partial charge in [0.2, 0.25) is 5.76 Å². The summed E-state index contributed by atoms with van der Waals surface area (Å²) < 4.78 is 5.32. The van der Waals surface area contributed by atoms with Crippen LogP contribution >= 0.6 is 11.3 Å². The topological polar surface area (TPSA) is 68.0 Å². The molecule has 1 amide bonds. The van der Waals surface area contributed by atoms with E-state index in [-0.39, 0.29) is 5.91 Å². The number of hydrogen-bond acceptors (Lipinski definition) is 5. The third kappa shape index (κ3) is 3.71. The molecule has 2 aromatic heterocycles. The summed E-state index contributed by atoms with van der Waals surface area (Å²) in [6.45, 7) is 6.05. The van der Waals surface area contributed by atoms with Gasteiger partial charge < -0.3 is 9.73 Å². The second-order valence-corrected chi connectivity index (χ2v) is 6.66. The molecule has 0 atom stereocenters. The second kappa shape index (κ2) is 6.97. The van der Waals surface area contributed by atoms with E-state index in [1.807, 2.05) is 6.92 Å². The number of amides is 1. The lowest BCUT2D eigenvalue weighted by Crippen LogP contribution is -2.25. The van der Waals surface area contributed by atoms with Crippen molar-refractivity contribution in [1.82, 2.24) is 15.3 Å². The van der Waals surface area contributed by atoms with Crippen molar-refractivity contribution in [2.45, 2.75) is 27.2 Å². The third-order valence-electron chi connectivity index (χ3n) is 3.68. The van der Waals surface area contributed by atoms with Gasteiger partial charge in [0.25, 0.3) is 5.91 Å². The first-order valence-electron chi connectivity index (χ1n) is 7.76. The number of carbonyl (C=O) groups is 1. The molecule has 6 heteroatoms. The SMILES string of the molecule is Cc1nc(C)c(C(=O)NCCc2ccc(-c3csc(C)n3)cc2)o1. The molecule has 3 rings (SSSR count). The first-order valence-corrected chi connectivity index (χ1v) is 8.64. The minimum absolute atomic E-state index is 0.220. The molecule has 0 fully saturated rings. The van der Waals surface area contributed by atoms with Crippen LogP contribution in [0.2, 0.25) is 0 Å². The molecule has 0 saturated carbocycles. The Labute approximate surface area is 144 Å². The molecule has 124 valence electrons. The van der Waals surface area contributed by atoms with Crippen LogP contribution in [-0.2, 0) is 6.42 Å². The first kappa shape index (κ1) is 16.4. The van der Waals surface area contributed by atoms with Crippen LogP contribution in [0, 0.1) is 20.8 Å². The van der Waals surface area contributed by atoms with Crippen LogP contribution < -0.4 is 5.32 Å². The summed E-state index contributed by atoms with van der Waals surface area (Å²) in [5.74, 6) is 0.579. The molecule has 0 unspecified atom stereocenters. The fourth-order valence-electron chi connectivity index (χ4n) is 2.48. The zero-order chi connectivity index (χ0) is 17.1. The van der Waals surface area contributed by atoms with E-state index in [4.69, 9.17) is 4.42 Å². The summed E-state index contributed by atoms with van der Waals surface area (Å²) in [6, 6.07) is 8.27. The van der Waals surface area contributed by atoms with Crippen LogP contribution in [0.15, 0.2) is 34.1 Å². The van der Waals surface area contributed by atoms with Crippen LogP contribution in [0.4, 0.5) is 0 Å². The summed E-state index contributed by atoms with van der Waals surface area (Å²) >= 11 is 1.65. The molecular formula is C18H19N3O2S. The van der Waals surface area contributed by atoms with E-state index < -0.39 is 0 Å². The van der Waals surface area contributed by atoms with Crippen LogP contribution in [0.25, 0.3) is 11.3 Å². The summed E-state index contributed by atoms with van der Waals surface area (Å²) in [4.78, 5) is 20.6. The van der Waals surface area contributed by atoms with Gasteiger partial charge in [-0.25, -0.2) is 9.97 Å². The van der Waals surface area contributed by atoms with Crippen LogP contribution in [0.5, 0.6) is 0 Å². The van der Waals surface area contributed by atoms with Gasteiger partial charge in [-0.15, -0.1) is 11.3 Å². The van der Waals surface area contributed by atoms with Crippen molar-refractivity contribution in [2.75, 3.05) is 6.54 Å². The van der Waals surface area contributed by atoms with Gasteiger partial charge in [-0.05, 0) is 25.8 Å². The van der Waals surface area contributed by atoms with Crippen LogP contribution in [0.3, 0.4) is 0 Å². The number of benzene rings is 1. The van der Waals surface area contributed by atoms with Crippen molar-refractivity contribution >= 4 is 17.2 Å². The molecule has 3 aromatic rings. The Morgan fingerprint density at radius 1 is 1.17 bits per heavy atom. The molecule has 1 aromatic carbocycles. The largest absolute Gasteiger partial charge is 0.436 e.